The fourth-order valence-electron chi connectivity index (χ4n) is 3.35. The first-order valence-corrected chi connectivity index (χ1v) is 8.43. The summed E-state index contributed by atoms with van der Waals surface area (Å²) in [5, 5.41) is 2.03. The molecule has 0 aromatic carbocycles. The average molecular weight is 332 g/mol. The van der Waals surface area contributed by atoms with Gasteiger partial charge in [-0.2, -0.15) is 13.2 Å². The smallest absolute Gasteiger partial charge is 0.338 e. The van der Waals surface area contributed by atoms with Crippen LogP contribution in [0, 0.1) is 5.92 Å². The summed E-state index contributed by atoms with van der Waals surface area (Å²) in [4.78, 5) is 17.1. The second-order valence-corrected chi connectivity index (χ2v) is 7.07. The Morgan fingerprint density at radius 2 is 2.18 bits per heavy atom. The largest absolute Gasteiger partial charge is 0.401 e. The van der Waals surface area contributed by atoms with Crippen LogP contribution in [0.1, 0.15) is 23.3 Å². The van der Waals surface area contributed by atoms with Gasteiger partial charge in [0.05, 0.1) is 12.5 Å². The Hall–Kier alpha value is -1.08. The molecule has 122 valence electrons. The van der Waals surface area contributed by atoms with Gasteiger partial charge in [-0.1, -0.05) is 0 Å². The second-order valence-electron chi connectivity index (χ2n) is 6.07. The van der Waals surface area contributed by atoms with Crippen molar-refractivity contribution in [2.24, 2.45) is 5.92 Å². The van der Waals surface area contributed by atoms with Crippen molar-refractivity contribution in [1.29, 1.82) is 0 Å². The number of piperidine rings is 1. The highest BCUT2D eigenvalue weighted by Gasteiger charge is 2.36. The lowest BCUT2D eigenvalue weighted by Crippen LogP contribution is -2.48. The molecule has 2 aliphatic rings. The van der Waals surface area contributed by atoms with Gasteiger partial charge in [0.25, 0.3) is 0 Å². The van der Waals surface area contributed by atoms with Crippen LogP contribution >= 0.6 is 11.3 Å². The summed E-state index contributed by atoms with van der Waals surface area (Å²) >= 11 is 1.71. The molecule has 7 heteroatoms. The van der Waals surface area contributed by atoms with E-state index in [0.717, 1.165) is 6.42 Å². The molecule has 1 aromatic heterocycles. The lowest BCUT2D eigenvalue weighted by molar-refractivity contribution is -0.154. The molecule has 1 saturated heterocycles. The number of fused-ring (bicyclic) bond motifs is 1. The maximum absolute atomic E-state index is 12.6. The molecule has 1 aromatic rings. The maximum Gasteiger partial charge on any atom is 0.401 e. The number of rotatable bonds is 2. The molecule has 0 bridgehead atoms. The molecule has 0 N–H and O–H groups in total. The van der Waals surface area contributed by atoms with E-state index in [-0.39, 0.29) is 18.4 Å². The number of hydrogen-bond acceptors (Lipinski definition) is 3. The molecule has 0 spiro atoms. The van der Waals surface area contributed by atoms with Crippen molar-refractivity contribution in [3.05, 3.63) is 21.9 Å². The fraction of sp³-hybridized carbons (Fsp3) is 0.667. The van der Waals surface area contributed by atoms with E-state index in [1.807, 2.05) is 16.3 Å². The van der Waals surface area contributed by atoms with Crippen LogP contribution < -0.4 is 0 Å². The van der Waals surface area contributed by atoms with Gasteiger partial charge in [0.15, 0.2) is 0 Å². The molecule has 1 amide bonds. The first kappa shape index (κ1) is 15.8. The van der Waals surface area contributed by atoms with Crippen LogP contribution in [0.2, 0.25) is 0 Å². The number of likely N-dealkylation sites (tertiary alicyclic amines) is 1. The summed E-state index contributed by atoms with van der Waals surface area (Å²) in [5.74, 6) is -0.278. The minimum absolute atomic E-state index is 0.0173. The molecule has 2 aliphatic heterocycles. The highest BCUT2D eigenvalue weighted by molar-refractivity contribution is 7.10. The molecule has 22 heavy (non-hydrogen) atoms. The van der Waals surface area contributed by atoms with Crippen LogP contribution in [-0.4, -0.2) is 48.1 Å². The normalized spacial score (nSPS) is 23.4. The summed E-state index contributed by atoms with van der Waals surface area (Å²) in [6.45, 7) is 1.03. The Bertz CT molecular complexity index is 543. The fourth-order valence-corrected chi connectivity index (χ4v) is 4.24. The number of hydrogen-bond donors (Lipinski definition) is 0. The summed E-state index contributed by atoms with van der Waals surface area (Å²) in [6, 6.07) is 2.04. The lowest BCUT2D eigenvalue weighted by atomic mass is 9.95. The van der Waals surface area contributed by atoms with E-state index in [9.17, 15) is 18.0 Å². The third-order valence-electron chi connectivity index (χ3n) is 4.38. The van der Waals surface area contributed by atoms with E-state index in [2.05, 4.69) is 0 Å². The number of thiophene rings is 1. The van der Waals surface area contributed by atoms with Crippen LogP contribution in [0.15, 0.2) is 11.4 Å². The highest BCUT2D eigenvalue weighted by Crippen LogP contribution is 2.28. The summed E-state index contributed by atoms with van der Waals surface area (Å²) < 4.78 is 37.6. The molecule has 0 aliphatic carbocycles. The molecular weight excluding hydrogens is 313 g/mol. The third kappa shape index (κ3) is 3.63. The van der Waals surface area contributed by atoms with Crippen LogP contribution in [-0.2, 0) is 17.8 Å². The van der Waals surface area contributed by atoms with Crippen molar-refractivity contribution in [2.45, 2.75) is 32.0 Å². The minimum Gasteiger partial charge on any atom is -0.338 e. The van der Waals surface area contributed by atoms with Crippen molar-refractivity contribution in [3.63, 3.8) is 0 Å². The lowest BCUT2D eigenvalue weighted by Gasteiger charge is -2.36. The summed E-state index contributed by atoms with van der Waals surface area (Å²) in [6.07, 6.45) is -1.98. The van der Waals surface area contributed by atoms with E-state index in [0.29, 0.717) is 32.5 Å². The molecule has 3 nitrogen and oxygen atoms in total. The zero-order valence-electron chi connectivity index (χ0n) is 12.2. The van der Waals surface area contributed by atoms with Gasteiger partial charge in [0.2, 0.25) is 5.91 Å². The van der Waals surface area contributed by atoms with Gasteiger partial charge in [0, 0.05) is 24.5 Å². The third-order valence-corrected chi connectivity index (χ3v) is 5.40. The number of carbonyl (C=O) groups excluding carboxylic acids is 1. The van der Waals surface area contributed by atoms with Gasteiger partial charge in [0.1, 0.15) is 0 Å². The van der Waals surface area contributed by atoms with Gasteiger partial charge in [-0.15, -0.1) is 11.3 Å². The van der Waals surface area contributed by atoms with Gasteiger partial charge in [-0.3, -0.25) is 9.69 Å². The van der Waals surface area contributed by atoms with Crippen molar-refractivity contribution in [2.75, 3.05) is 26.2 Å². The van der Waals surface area contributed by atoms with Crippen LogP contribution in [0.3, 0.4) is 0 Å². The van der Waals surface area contributed by atoms with Crippen LogP contribution in [0.4, 0.5) is 13.2 Å². The number of carbonyl (C=O) groups is 1. The van der Waals surface area contributed by atoms with E-state index in [1.165, 1.54) is 15.3 Å². The van der Waals surface area contributed by atoms with Gasteiger partial charge in [-0.05, 0) is 42.8 Å². The summed E-state index contributed by atoms with van der Waals surface area (Å²) in [7, 11) is 0. The Labute approximate surface area is 131 Å². The van der Waals surface area contributed by atoms with Crippen LogP contribution in [0.5, 0.6) is 0 Å². The first-order valence-electron chi connectivity index (χ1n) is 7.55. The minimum atomic E-state index is -4.19. The number of amides is 1. The second kappa shape index (κ2) is 6.20. The standard InChI is InChI=1S/C15H19F3N2OS/c16-15(17,18)10-19-5-1-2-12(8-19)14(21)20-6-3-13-11(9-20)4-7-22-13/h4,7,12H,1-3,5-6,8-10H2/t12-/m1/s1. The Balaban J connectivity index is 1.60. The predicted octanol–water partition coefficient (Wildman–Crippen LogP) is 2.91. The van der Waals surface area contributed by atoms with Gasteiger partial charge < -0.3 is 4.90 Å². The van der Waals surface area contributed by atoms with Crippen molar-refractivity contribution in [3.8, 4) is 0 Å². The average Bonchev–Trinajstić information content (AvgIpc) is 2.92. The Kier molecular flexibility index (Phi) is 4.45. The van der Waals surface area contributed by atoms with Gasteiger partial charge in [-0.25, -0.2) is 0 Å². The van der Waals surface area contributed by atoms with E-state index >= 15 is 0 Å². The van der Waals surface area contributed by atoms with Crippen molar-refractivity contribution < 1.29 is 18.0 Å². The molecule has 0 radical (unpaired) electrons. The quantitative estimate of drug-likeness (QED) is 0.831. The molecule has 0 saturated carbocycles. The highest BCUT2D eigenvalue weighted by atomic mass is 32.1. The topological polar surface area (TPSA) is 23.6 Å². The molecular formula is C15H19F3N2OS. The monoisotopic (exact) mass is 332 g/mol. The van der Waals surface area contributed by atoms with E-state index in [4.69, 9.17) is 0 Å². The van der Waals surface area contributed by atoms with E-state index < -0.39 is 12.7 Å². The molecule has 1 atom stereocenters. The molecule has 3 heterocycles. The predicted molar refractivity (Wildman–Crippen MR) is 78.7 cm³/mol. The molecule has 0 unspecified atom stereocenters. The van der Waals surface area contributed by atoms with Crippen molar-refractivity contribution >= 4 is 17.2 Å². The molecule has 3 rings (SSSR count). The Morgan fingerprint density at radius 1 is 1.36 bits per heavy atom. The molecule has 1 fully saturated rings. The maximum atomic E-state index is 12.6. The number of alkyl halides is 3. The number of nitrogens with zero attached hydrogens (tertiary/aromatic N) is 2. The zero-order chi connectivity index (χ0) is 15.7. The van der Waals surface area contributed by atoms with Gasteiger partial charge >= 0.3 is 6.18 Å². The van der Waals surface area contributed by atoms with Crippen LogP contribution in [0.25, 0.3) is 0 Å². The van der Waals surface area contributed by atoms with Crippen molar-refractivity contribution in [1.82, 2.24) is 9.80 Å². The number of halogens is 3. The SMILES string of the molecule is O=C([C@@H]1CCCN(CC(F)(F)F)C1)N1CCc2sccc2C1. The van der Waals surface area contributed by atoms with E-state index in [1.54, 1.807) is 11.3 Å². The summed E-state index contributed by atoms with van der Waals surface area (Å²) in [5.41, 5.74) is 1.19. The first-order chi connectivity index (χ1) is 10.4. The zero-order valence-corrected chi connectivity index (χ0v) is 13.1. The Morgan fingerprint density at radius 3 is 2.95 bits per heavy atom.